The van der Waals surface area contributed by atoms with Crippen LogP contribution in [0, 0.1) is 10.1 Å². The fraction of sp³-hybridized carbons (Fsp3) is 0.591. The summed E-state index contributed by atoms with van der Waals surface area (Å²) in [6, 6.07) is -0.970. The topological polar surface area (TPSA) is 80.4 Å². The Bertz CT molecular complexity index is 495. The van der Waals surface area contributed by atoms with Gasteiger partial charge in [0.05, 0.1) is 0 Å². The van der Waals surface area contributed by atoms with Crippen LogP contribution < -0.4 is 0 Å². The molecule has 0 fully saturated rings. The lowest BCUT2D eigenvalue weighted by atomic mass is 10.0. The van der Waals surface area contributed by atoms with Gasteiger partial charge in [0.1, 0.15) is 6.10 Å². The van der Waals surface area contributed by atoms with E-state index in [2.05, 4.69) is 37.3 Å². The highest BCUT2D eigenvalue weighted by atomic mass is 16.6. The minimum Gasteiger partial charge on any atom is -0.386 e. The van der Waals surface area contributed by atoms with E-state index in [0.717, 1.165) is 38.5 Å². The molecule has 0 heterocycles. The molecule has 0 spiro atoms. The summed E-state index contributed by atoms with van der Waals surface area (Å²) in [6.45, 7) is 2.11. The Labute approximate surface area is 163 Å². The number of hydrogen-bond acceptors (Lipinski definition) is 4. The Kier molecular flexibility index (Phi) is 17.4. The van der Waals surface area contributed by atoms with E-state index in [0.29, 0.717) is 19.3 Å². The van der Waals surface area contributed by atoms with E-state index in [1.165, 1.54) is 0 Å². The van der Waals surface area contributed by atoms with Crippen molar-refractivity contribution in [2.75, 3.05) is 0 Å². The molecular weight excluding hydrogens is 342 g/mol. The van der Waals surface area contributed by atoms with Gasteiger partial charge in [0.2, 0.25) is 6.04 Å². The van der Waals surface area contributed by atoms with Crippen molar-refractivity contribution in [1.29, 1.82) is 0 Å². The summed E-state index contributed by atoms with van der Waals surface area (Å²) in [4.78, 5) is 20.9. The molecule has 27 heavy (non-hydrogen) atoms. The maximum absolute atomic E-state index is 11.1. The average Bonchev–Trinajstić information content (AvgIpc) is 2.65. The normalized spacial score (nSPS) is 14.6. The SMILES string of the molecule is CC/C=C\C/C=C\C/C=C\C/C=C\CC(C(O)CCCCC[C]=O)[N+](=O)[O-]. The van der Waals surface area contributed by atoms with E-state index in [-0.39, 0.29) is 6.42 Å². The number of aliphatic hydroxyl groups excluding tert-OH is 1. The van der Waals surface area contributed by atoms with Crippen LogP contribution >= 0.6 is 0 Å². The summed E-state index contributed by atoms with van der Waals surface area (Å²) in [5.41, 5.74) is 0. The molecule has 5 heteroatoms. The fourth-order valence-corrected chi connectivity index (χ4v) is 2.52. The smallest absolute Gasteiger partial charge is 0.241 e. The Balaban J connectivity index is 4.01. The van der Waals surface area contributed by atoms with Gasteiger partial charge in [-0.3, -0.25) is 14.9 Å². The first kappa shape index (κ1) is 25.0. The fourth-order valence-electron chi connectivity index (χ4n) is 2.52. The second kappa shape index (κ2) is 18.8. The lowest BCUT2D eigenvalue weighted by molar-refractivity contribution is -0.533. The highest BCUT2D eigenvalue weighted by Crippen LogP contribution is 2.13. The van der Waals surface area contributed by atoms with Crippen LogP contribution in [0.25, 0.3) is 0 Å². The van der Waals surface area contributed by atoms with Crippen molar-refractivity contribution < 1.29 is 14.8 Å². The first-order valence-electron chi connectivity index (χ1n) is 9.90. The summed E-state index contributed by atoms with van der Waals surface area (Å²) >= 11 is 0. The van der Waals surface area contributed by atoms with Crippen molar-refractivity contribution >= 4 is 6.29 Å². The third-order valence-corrected chi connectivity index (χ3v) is 4.09. The molecule has 0 aromatic heterocycles. The summed E-state index contributed by atoms with van der Waals surface area (Å²) in [7, 11) is 0. The highest BCUT2D eigenvalue weighted by molar-refractivity contribution is 5.50. The number of aliphatic hydroxyl groups is 1. The van der Waals surface area contributed by atoms with Crippen LogP contribution in [0.5, 0.6) is 0 Å². The molecule has 0 aliphatic rings. The van der Waals surface area contributed by atoms with E-state index < -0.39 is 17.1 Å². The second-order valence-electron chi connectivity index (χ2n) is 6.40. The highest BCUT2D eigenvalue weighted by Gasteiger charge is 2.27. The van der Waals surface area contributed by atoms with Crippen LogP contribution in [-0.4, -0.2) is 28.5 Å². The van der Waals surface area contributed by atoms with Crippen LogP contribution in [0.2, 0.25) is 0 Å². The molecule has 0 saturated heterocycles. The van der Waals surface area contributed by atoms with Gasteiger partial charge in [-0.05, 0) is 38.5 Å². The van der Waals surface area contributed by atoms with Crippen LogP contribution in [0.3, 0.4) is 0 Å². The van der Waals surface area contributed by atoms with Gasteiger partial charge < -0.3 is 5.11 Å². The molecule has 0 amide bonds. The largest absolute Gasteiger partial charge is 0.386 e. The number of hydrogen-bond donors (Lipinski definition) is 1. The first-order chi connectivity index (χ1) is 13.1. The Morgan fingerprint density at radius 2 is 1.48 bits per heavy atom. The van der Waals surface area contributed by atoms with Crippen molar-refractivity contribution in [2.45, 2.75) is 83.3 Å². The molecular formula is C22H34NO4. The van der Waals surface area contributed by atoms with E-state index in [9.17, 15) is 20.0 Å². The zero-order valence-electron chi connectivity index (χ0n) is 16.5. The van der Waals surface area contributed by atoms with E-state index in [1.807, 2.05) is 18.4 Å². The lowest BCUT2D eigenvalue weighted by Crippen LogP contribution is -2.33. The Morgan fingerprint density at radius 3 is 2.00 bits per heavy atom. The molecule has 5 nitrogen and oxygen atoms in total. The van der Waals surface area contributed by atoms with Crippen molar-refractivity contribution in [3.8, 4) is 0 Å². The van der Waals surface area contributed by atoms with Crippen molar-refractivity contribution in [1.82, 2.24) is 0 Å². The van der Waals surface area contributed by atoms with Gasteiger partial charge in [0.25, 0.3) is 0 Å². The van der Waals surface area contributed by atoms with Gasteiger partial charge in [-0.15, -0.1) is 0 Å². The lowest BCUT2D eigenvalue weighted by Gasteiger charge is -2.14. The van der Waals surface area contributed by atoms with Gasteiger partial charge in [-0.2, -0.15) is 0 Å². The molecule has 2 unspecified atom stereocenters. The molecule has 0 aromatic carbocycles. The van der Waals surface area contributed by atoms with Gasteiger partial charge in [-0.25, -0.2) is 0 Å². The minimum atomic E-state index is -0.970. The van der Waals surface area contributed by atoms with Gasteiger partial charge in [0.15, 0.2) is 6.29 Å². The number of unbranched alkanes of at least 4 members (excludes halogenated alkanes) is 3. The Morgan fingerprint density at radius 1 is 0.926 bits per heavy atom. The molecule has 0 saturated carbocycles. The molecule has 151 valence electrons. The number of rotatable bonds is 17. The predicted octanol–water partition coefficient (Wildman–Crippen LogP) is 5.25. The molecule has 0 aliphatic heterocycles. The van der Waals surface area contributed by atoms with Gasteiger partial charge in [0, 0.05) is 17.8 Å². The third kappa shape index (κ3) is 15.9. The zero-order chi connectivity index (χ0) is 20.2. The van der Waals surface area contributed by atoms with Crippen molar-refractivity contribution in [2.24, 2.45) is 0 Å². The molecule has 0 aromatic rings. The maximum atomic E-state index is 11.1. The monoisotopic (exact) mass is 376 g/mol. The standard InChI is InChI=1S/C22H34NO4/c1-2-3-4-5-6-7-8-9-10-11-12-15-18-21(23(26)27)22(25)19-16-13-14-17-20-24/h3-4,6-7,9-10,12,15,21-22,25H,2,5,8,11,13-14,16-19H2,1H3/b4-3-,7-6-,10-9-,15-12-. The molecule has 0 aliphatic carbocycles. The van der Waals surface area contributed by atoms with Crippen LogP contribution in [0.15, 0.2) is 48.6 Å². The summed E-state index contributed by atoms with van der Waals surface area (Å²) in [6.07, 6.45) is 24.0. The van der Waals surface area contributed by atoms with Gasteiger partial charge in [-0.1, -0.05) is 68.4 Å². The van der Waals surface area contributed by atoms with Crippen molar-refractivity contribution in [3.05, 3.63) is 58.7 Å². The predicted molar refractivity (Wildman–Crippen MR) is 111 cm³/mol. The summed E-state index contributed by atoms with van der Waals surface area (Å²) < 4.78 is 0. The zero-order valence-corrected chi connectivity index (χ0v) is 16.5. The number of allylic oxidation sites excluding steroid dienone is 7. The number of nitro groups is 1. The van der Waals surface area contributed by atoms with Crippen LogP contribution in [0.1, 0.15) is 71.1 Å². The average molecular weight is 377 g/mol. The summed E-state index contributed by atoms with van der Waals surface area (Å²) in [5, 5.41) is 21.2. The molecule has 0 rings (SSSR count). The molecule has 2 atom stereocenters. The molecule has 1 radical (unpaired) electrons. The Hall–Kier alpha value is -2.01. The van der Waals surface area contributed by atoms with E-state index >= 15 is 0 Å². The quantitative estimate of drug-likeness (QED) is 0.163. The third-order valence-electron chi connectivity index (χ3n) is 4.09. The van der Waals surface area contributed by atoms with Crippen LogP contribution in [0.4, 0.5) is 0 Å². The van der Waals surface area contributed by atoms with Crippen LogP contribution in [-0.2, 0) is 4.79 Å². The van der Waals surface area contributed by atoms with E-state index in [1.54, 1.807) is 6.08 Å². The maximum Gasteiger partial charge on any atom is 0.241 e. The summed E-state index contributed by atoms with van der Waals surface area (Å²) in [5.74, 6) is 0. The second-order valence-corrected chi connectivity index (χ2v) is 6.40. The van der Waals surface area contributed by atoms with Gasteiger partial charge >= 0.3 is 0 Å². The molecule has 0 bridgehead atoms. The number of carbonyl (C=O) groups excluding carboxylic acids is 1. The first-order valence-corrected chi connectivity index (χ1v) is 9.90. The molecule has 1 N–H and O–H groups in total. The van der Waals surface area contributed by atoms with E-state index in [4.69, 9.17) is 0 Å². The number of nitrogens with zero attached hydrogens (tertiary/aromatic N) is 1. The minimum absolute atomic E-state index is 0.230. The van der Waals surface area contributed by atoms with Crippen molar-refractivity contribution in [3.63, 3.8) is 0 Å².